The van der Waals surface area contributed by atoms with Gasteiger partial charge >= 0.3 is 6.03 Å². The second-order valence-electron chi connectivity index (χ2n) is 7.36. The van der Waals surface area contributed by atoms with Gasteiger partial charge in [-0.25, -0.2) is 14.8 Å². The Labute approximate surface area is 167 Å². The van der Waals surface area contributed by atoms with Crippen LogP contribution in [0.1, 0.15) is 19.8 Å². The van der Waals surface area contributed by atoms with Crippen molar-refractivity contribution < 1.29 is 19.4 Å². The van der Waals surface area contributed by atoms with Gasteiger partial charge in [-0.3, -0.25) is 5.32 Å². The molecular weight excluding hydrogens is 382 g/mol. The van der Waals surface area contributed by atoms with Crippen LogP contribution in [-0.4, -0.2) is 78.1 Å². The van der Waals surface area contributed by atoms with E-state index in [0.29, 0.717) is 55.7 Å². The minimum Gasteiger partial charge on any atom is -0.479 e. The maximum atomic E-state index is 12.6. The average Bonchev–Trinajstić information content (AvgIpc) is 3.11. The van der Waals surface area contributed by atoms with E-state index >= 15 is 0 Å². The van der Waals surface area contributed by atoms with Gasteiger partial charge in [0.15, 0.2) is 5.13 Å². The van der Waals surface area contributed by atoms with E-state index in [1.165, 1.54) is 11.3 Å². The molecule has 0 saturated carbocycles. The molecule has 2 aliphatic rings. The Kier molecular flexibility index (Phi) is 5.26. The highest BCUT2D eigenvalue weighted by atomic mass is 32.1. The molecule has 0 atom stereocenters. The van der Waals surface area contributed by atoms with E-state index in [4.69, 9.17) is 9.47 Å². The number of anilines is 2. The maximum absolute atomic E-state index is 12.6. The summed E-state index contributed by atoms with van der Waals surface area (Å²) in [7, 11) is 1.56. The molecule has 0 bridgehead atoms. The molecule has 28 heavy (non-hydrogen) atoms. The van der Waals surface area contributed by atoms with Crippen molar-refractivity contribution in [2.45, 2.75) is 25.4 Å². The third-order valence-electron chi connectivity index (χ3n) is 5.25. The summed E-state index contributed by atoms with van der Waals surface area (Å²) in [6, 6.07) is -0.200. The number of nitrogens with one attached hydrogen (secondary N) is 1. The number of aromatic nitrogens is 2. The molecule has 4 heterocycles. The lowest BCUT2D eigenvalue weighted by Crippen LogP contribution is -2.46. The molecule has 2 aromatic rings. The third kappa shape index (κ3) is 3.85. The van der Waals surface area contributed by atoms with Crippen molar-refractivity contribution >= 4 is 38.4 Å². The summed E-state index contributed by atoms with van der Waals surface area (Å²) < 4.78 is 11.7. The van der Waals surface area contributed by atoms with Crippen molar-refractivity contribution in [2.24, 2.45) is 0 Å². The van der Waals surface area contributed by atoms with Crippen molar-refractivity contribution in [3.05, 3.63) is 6.20 Å². The average molecular weight is 407 g/mol. The number of likely N-dealkylation sites (tertiary alicyclic amines) is 1. The molecule has 2 fully saturated rings. The Morgan fingerprint density at radius 1 is 1.32 bits per heavy atom. The summed E-state index contributed by atoms with van der Waals surface area (Å²) in [4.78, 5) is 25.5. The van der Waals surface area contributed by atoms with Crippen LogP contribution in [0.5, 0.6) is 5.88 Å². The zero-order chi connectivity index (χ0) is 19.7. The predicted molar refractivity (Wildman–Crippen MR) is 107 cm³/mol. The van der Waals surface area contributed by atoms with Crippen molar-refractivity contribution in [1.82, 2.24) is 14.9 Å². The zero-order valence-electron chi connectivity index (χ0n) is 16.1. The molecule has 0 spiro atoms. The number of morpholine rings is 1. The number of urea groups is 1. The molecule has 2 amide bonds. The fourth-order valence-electron chi connectivity index (χ4n) is 3.47. The number of aliphatic hydroxyl groups is 1. The second kappa shape index (κ2) is 7.69. The van der Waals surface area contributed by atoms with Crippen LogP contribution in [0.2, 0.25) is 0 Å². The van der Waals surface area contributed by atoms with E-state index in [9.17, 15) is 9.90 Å². The third-order valence-corrected chi connectivity index (χ3v) is 6.25. The first kappa shape index (κ1) is 19.2. The highest BCUT2D eigenvalue weighted by molar-refractivity contribution is 7.23. The molecule has 0 radical (unpaired) electrons. The van der Waals surface area contributed by atoms with E-state index in [0.717, 1.165) is 23.5 Å². The SMILES string of the molecule is COc1ncc(N2CCOCC2)c2sc(NC(=O)N3CCC(C)(O)CC3)nc12. The van der Waals surface area contributed by atoms with Crippen LogP contribution < -0.4 is 15.0 Å². The van der Waals surface area contributed by atoms with E-state index < -0.39 is 5.60 Å². The van der Waals surface area contributed by atoms with Gasteiger partial charge in [0.05, 0.1) is 42.5 Å². The summed E-state index contributed by atoms with van der Waals surface area (Å²) in [5.74, 6) is 0.442. The lowest BCUT2D eigenvalue weighted by Gasteiger charge is -2.35. The molecule has 2 N–H and O–H groups in total. The van der Waals surface area contributed by atoms with Crippen LogP contribution in [0.4, 0.5) is 15.6 Å². The van der Waals surface area contributed by atoms with Crippen LogP contribution in [0.15, 0.2) is 6.20 Å². The van der Waals surface area contributed by atoms with E-state index in [1.807, 2.05) is 6.92 Å². The van der Waals surface area contributed by atoms with Gasteiger partial charge in [-0.15, -0.1) is 0 Å². The number of fused-ring (bicyclic) bond motifs is 1. The van der Waals surface area contributed by atoms with Crippen LogP contribution in [0.25, 0.3) is 10.2 Å². The number of thiazole rings is 1. The number of methoxy groups -OCH3 is 1. The molecule has 2 saturated heterocycles. The van der Waals surface area contributed by atoms with Crippen LogP contribution in [0, 0.1) is 0 Å². The van der Waals surface area contributed by atoms with Crippen LogP contribution in [-0.2, 0) is 4.74 Å². The molecule has 9 nitrogen and oxygen atoms in total. The van der Waals surface area contributed by atoms with E-state index in [1.54, 1.807) is 18.2 Å². The highest BCUT2D eigenvalue weighted by Gasteiger charge is 2.30. The normalized spacial score (nSPS) is 19.7. The van der Waals surface area contributed by atoms with E-state index in [2.05, 4.69) is 20.2 Å². The first-order valence-electron chi connectivity index (χ1n) is 9.41. The maximum Gasteiger partial charge on any atom is 0.323 e. The Bertz CT molecular complexity index is 855. The summed E-state index contributed by atoms with van der Waals surface area (Å²) in [5.41, 5.74) is 0.929. The number of pyridine rings is 1. The van der Waals surface area contributed by atoms with Crippen molar-refractivity contribution in [2.75, 3.05) is 56.7 Å². The first-order chi connectivity index (χ1) is 13.5. The quantitative estimate of drug-likeness (QED) is 0.802. The number of carbonyl (C=O) groups is 1. The number of amides is 2. The van der Waals surface area contributed by atoms with Crippen molar-refractivity contribution in [3.63, 3.8) is 0 Å². The largest absolute Gasteiger partial charge is 0.479 e. The summed E-state index contributed by atoms with van der Waals surface area (Å²) in [6.45, 7) is 5.78. The van der Waals surface area contributed by atoms with E-state index in [-0.39, 0.29) is 6.03 Å². The summed E-state index contributed by atoms with van der Waals surface area (Å²) >= 11 is 1.42. The number of piperidine rings is 1. The van der Waals surface area contributed by atoms with Crippen molar-refractivity contribution in [3.8, 4) is 5.88 Å². The lowest BCUT2D eigenvalue weighted by atomic mass is 9.94. The first-order valence-corrected chi connectivity index (χ1v) is 10.2. The summed E-state index contributed by atoms with van der Waals surface area (Å²) in [6.07, 6.45) is 2.93. The van der Waals surface area contributed by atoms with Gasteiger partial charge in [-0.05, 0) is 19.8 Å². The van der Waals surface area contributed by atoms with Gasteiger partial charge in [0.2, 0.25) is 5.88 Å². The molecule has 2 aromatic heterocycles. The topological polar surface area (TPSA) is 100 Å². The van der Waals surface area contributed by atoms with Gasteiger partial charge < -0.3 is 24.4 Å². The van der Waals surface area contributed by atoms with Crippen molar-refractivity contribution in [1.29, 1.82) is 0 Å². The van der Waals surface area contributed by atoms with Gasteiger partial charge in [-0.1, -0.05) is 11.3 Å². The van der Waals surface area contributed by atoms with Gasteiger partial charge in [0.1, 0.15) is 5.52 Å². The molecule has 0 aliphatic carbocycles. The predicted octanol–water partition coefficient (Wildman–Crippen LogP) is 1.92. The lowest BCUT2D eigenvalue weighted by molar-refractivity contribution is 0.00570. The Morgan fingerprint density at radius 3 is 2.71 bits per heavy atom. The minimum atomic E-state index is -0.696. The minimum absolute atomic E-state index is 0.200. The second-order valence-corrected chi connectivity index (χ2v) is 8.36. The molecule has 4 rings (SSSR count). The Balaban J connectivity index is 1.57. The number of hydrogen-bond donors (Lipinski definition) is 2. The standard InChI is InChI=1S/C18H25N5O4S/c1-18(25)3-5-23(6-4-18)17(24)21-16-20-13-14(28-16)12(11-19-15(13)26-2)22-7-9-27-10-8-22/h11,25H,3-10H2,1-2H3,(H,20,21,24). The molecular formula is C18H25N5O4S. The number of rotatable bonds is 3. The molecule has 0 aromatic carbocycles. The van der Waals surface area contributed by atoms with Gasteiger partial charge in [0.25, 0.3) is 0 Å². The monoisotopic (exact) mass is 407 g/mol. The van der Waals surface area contributed by atoms with Gasteiger partial charge in [-0.2, -0.15) is 0 Å². The van der Waals surface area contributed by atoms with Crippen LogP contribution >= 0.6 is 11.3 Å². The molecule has 152 valence electrons. The zero-order valence-corrected chi connectivity index (χ0v) is 16.9. The Morgan fingerprint density at radius 2 is 2.04 bits per heavy atom. The number of ether oxygens (including phenoxy) is 2. The highest BCUT2D eigenvalue weighted by Crippen LogP contribution is 2.38. The van der Waals surface area contributed by atoms with Crippen LogP contribution in [0.3, 0.4) is 0 Å². The summed E-state index contributed by atoms with van der Waals surface area (Å²) in [5, 5.41) is 13.5. The van der Waals surface area contributed by atoms with Gasteiger partial charge in [0, 0.05) is 26.2 Å². The fraction of sp³-hybridized carbons (Fsp3) is 0.611. The number of carbonyl (C=O) groups excluding carboxylic acids is 1. The molecule has 10 heteroatoms. The Hall–Kier alpha value is -2.17. The molecule has 2 aliphatic heterocycles. The molecule has 0 unspecified atom stereocenters. The fourth-order valence-corrected chi connectivity index (χ4v) is 4.46. The number of hydrogen-bond acceptors (Lipinski definition) is 8. The number of nitrogens with zero attached hydrogens (tertiary/aromatic N) is 4. The smallest absolute Gasteiger partial charge is 0.323 e.